The number of hydrogen-bond acceptors (Lipinski definition) is 4. The highest BCUT2D eigenvalue weighted by molar-refractivity contribution is 5.80. The molecule has 0 radical (unpaired) electrons. The molecule has 0 bridgehead atoms. The van der Waals surface area contributed by atoms with Gasteiger partial charge >= 0.3 is 5.97 Å². The first-order valence-electron chi connectivity index (χ1n) is 9.40. The Morgan fingerprint density at radius 2 is 1.59 bits per heavy atom. The van der Waals surface area contributed by atoms with Gasteiger partial charge in [0.05, 0.1) is 6.61 Å². The third-order valence-corrected chi connectivity index (χ3v) is 5.86. The summed E-state index contributed by atoms with van der Waals surface area (Å²) >= 11 is 0. The maximum Gasteiger partial charge on any atom is 0.340 e. The van der Waals surface area contributed by atoms with Gasteiger partial charge in [-0.1, -0.05) is 60.7 Å². The summed E-state index contributed by atoms with van der Waals surface area (Å²) in [6, 6.07) is 20.8. The second-order valence-electron chi connectivity index (χ2n) is 7.20. The topological polar surface area (TPSA) is 44.8 Å². The molecule has 0 amide bonds. The second kappa shape index (κ2) is 7.83. The van der Waals surface area contributed by atoms with Crippen LogP contribution in [-0.4, -0.2) is 38.5 Å². The molecule has 1 aliphatic rings. The zero-order valence-electron chi connectivity index (χ0n) is 16.5. The first-order chi connectivity index (χ1) is 13.0. The summed E-state index contributed by atoms with van der Waals surface area (Å²) in [5.41, 5.74) is 1.09. The lowest BCUT2D eigenvalue weighted by atomic mass is 9.81. The second-order valence-corrected chi connectivity index (χ2v) is 7.20. The van der Waals surface area contributed by atoms with Crippen LogP contribution < -0.4 is 0 Å². The maximum atomic E-state index is 12.7. The van der Waals surface area contributed by atoms with Crippen LogP contribution in [0.15, 0.2) is 60.7 Å². The molecule has 0 saturated heterocycles. The van der Waals surface area contributed by atoms with Gasteiger partial charge in [-0.25, -0.2) is 4.79 Å². The molecule has 2 aromatic rings. The Hall–Kier alpha value is -2.17. The summed E-state index contributed by atoms with van der Waals surface area (Å²) < 4.78 is 16.8. The van der Waals surface area contributed by atoms with Gasteiger partial charge in [-0.2, -0.15) is 0 Å². The molecule has 1 saturated carbocycles. The van der Waals surface area contributed by atoms with Gasteiger partial charge in [0, 0.05) is 25.6 Å². The number of benzene rings is 2. The van der Waals surface area contributed by atoms with Crippen molar-refractivity contribution >= 4 is 5.97 Å². The fourth-order valence-corrected chi connectivity index (χ4v) is 4.32. The number of esters is 1. The van der Waals surface area contributed by atoms with E-state index in [4.69, 9.17) is 14.2 Å². The van der Waals surface area contributed by atoms with Crippen LogP contribution in [0.2, 0.25) is 0 Å². The van der Waals surface area contributed by atoms with Crippen LogP contribution in [0.1, 0.15) is 31.4 Å². The predicted molar refractivity (Wildman–Crippen MR) is 105 cm³/mol. The Kier molecular flexibility index (Phi) is 5.68. The number of methoxy groups -OCH3 is 2. The highest BCUT2D eigenvalue weighted by atomic mass is 16.6. The Bertz CT molecular complexity index is 719. The van der Waals surface area contributed by atoms with Gasteiger partial charge in [0.25, 0.3) is 0 Å². The molecule has 0 spiro atoms. The average Bonchev–Trinajstić information content (AvgIpc) is 3.46. The minimum Gasteiger partial charge on any atom is -0.464 e. The summed E-state index contributed by atoms with van der Waals surface area (Å²) in [5, 5.41) is 0. The molecule has 2 aromatic carbocycles. The van der Waals surface area contributed by atoms with Crippen molar-refractivity contribution in [3.05, 3.63) is 71.8 Å². The van der Waals surface area contributed by atoms with E-state index in [-0.39, 0.29) is 17.3 Å². The first kappa shape index (κ1) is 19.6. The van der Waals surface area contributed by atoms with Crippen LogP contribution in [0.5, 0.6) is 0 Å². The standard InChI is InChI=1S/C23H28O4/c1-5-27-21(24)22(2,26-4)20(25-3)19-16-23(19,17-12-8-6-9-13-17)18-14-10-7-11-15-18/h6-15,19-20H,5,16H2,1-4H3. The number of ether oxygens (including phenoxy) is 3. The molecule has 0 N–H and O–H groups in total. The molecular formula is C23H28O4. The zero-order valence-corrected chi connectivity index (χ0v) is 16.5. The Morgan fingerprint density at radius 3 is 2.00 bits per heavy atom. The van der Waals surface area contributed by atoms with Crippen LogP contribution in [0.4, 0.5) is 0 Å². The summed E-state index contributed by atoms with van der Waals surface area (Å²) in [6.45, 7) is 3.87. The smallest absolute Gasteiger partial charge is 0.340 e. The number of carbonyl (C=O) groups excluding carboxylic acids is 1. The molecule has 4 nitrogen and oxygen atoms in total. The fraction of sp³-hybridized carbons (Fsp3) is 0.435. The van der Waals surface area contributed by atoms with Gasteiger partial charge in [0.15, 0.2) is 5.60 Å². The quantitative estimate of drug-likeness (QED) is 0.661. The van der Waals surface area contributed by atoms with Gasteiger partial charge in [-0.3, -0.25) is 0 Å². The lowest BCUT2D eigenvalue weighted by Gasteiger charge is -2.35. The van der Waals surface area contributed by atoms with Crippen LogP contribution in [0.25, 0.3) is 0 Å². The predicted octanol–water partition coefficient (Wildman–Crippen LogP) is 3.98. The fourth-order valence-electron chi connectivity index (χ4n) is 4.32. The van der Waals surface area contributed by atoms with Gasteiger partial charge in [-0.15, -0.1) is 0 Å². The Labute approximate surface area is 161 Å². The number of rotatable bonds is 8. The van der Waals surface area contributed by atoms with E-state index in [9.17, 15) is 4.79 Å². The van der Waals surface area contributed by atoms with E-state index in [2.05, 4.69) is 48.5 Å². The summed E-state index contributed by atoms with van der Waals surface area (Å²) in [6.07, 6.45) is 0.458. The highest BCUT2D eigenvalue weighted by Gasteiger charge is 2.65. The summed E-state index contributed by atoms with van der Waals surface area (Å²) in [7, 11) is 3.18. The third kappa shape index (κ3) is 3.28. The SMILES string of the molecule is CCOC(=O)C(C)(OC)C(OC)C1CC1(c1ccccc1)c1ccccc1. The molecule has 1 aliphatic carbocycles. The van der Waals surface area contributed by atoms with Crippen LogP contribution in [0.3, 0.4) is 0 Å². The Balaban J connectivity index is 2.03. The van der Waals surface area contributed by atoms with Crippen molar-refractivity contribution in [1.82, 2.24) is 0 Å². The van der Waals surface area contributed by atoms with Crippen molar-refractivity contribution in [1.29, 1.82) is 0 Å². The molecule has 4 heteroatoms. The Morgan fingerprint density at radius 1 is 1.07 bits per heavy atom. The molecular weight excluding hydrogens is 340 g/mol. The van der Waals surface area contributed by atoms with Crippen molar-refractivity contribution in [3.8, 4) is 0 Å². The van der Waals surface area contributed by atoms with Crippen LogP contribution in [0, 0.1) is 5.92 Å². The van der Waals surface area contributed by atoms with E-state index in [1.54, 1.807) is 21.0 Å². The zero-order chi connectivity index (χ0) is 19.5. The minimum atomic E-state index is -1.17. The molecule has 0 aromatic heterocycles. The molecule has 1 fully saturated rings. The molecule has 3 rings (SSSR count). The highest BCUT2D eigenvalue weighted by Crippen LogP contribution is 2.62. The largest absolute Gasteiger partial charge is 0.464 e. The molecule has 3 atom stereocenters. The summed E-state index contributed by atoms with van der Waals surface area (Å²) in [4.78, 5) is 12.7. The first-order valence-corrected chi connectivity index (χ1v) is 9.40. The van der Waals surface area contributed by atoms with E-state index < -0.39 is 11.7 Å². The number of hydrogen-bond donors (Lipinski definition) is 0. The van der Waals surface area contributed by atoms with E-state index in [1.165, 1.54) is 18.2 Å². The summed E-state index contributed by atoms with van der Waals surface area (Å²) in [5.74, 6) is -0.289. The normalized spacial score (nSPS) is 21.1. The molecule has 27 heavy (non-hydrogen) atoms. The van der Waals surface area contributed by atoms with E-state index in [0.717, 1.165) is 6.42 Å². The van der Waals surface area contributed by atoms with Gasteiger partial charge < -0.3 is 14.2 Å². The maximum absolute atomic E-state index is 12.7. The van der Waals surface area contributed by atoms with Gasteiger partial charge in [-0.05, 0) is 31.4 Å². The molecule has 144 valence electrons. The van der Waals surface area contributed by atoms with Crippen molar-refractivity contribution in [2.24, 2.45) is 5.92 Å². The van der Waals surface area contributed by atoms with Gasteiger partial charge in [0.1, 0.15) is 6.10 Å². The minimum absolute atomic E-state index is 0.0988. The number of carbonyl (C=O) groups is 1. The van der Waals surface area contributed by atoms with Crippen LogP contribution >= 0.6 is 0 Å². The van der Waals surface area contributed by atoms with E-state index in [1.807, 2.05) is 12.1 Å². The molecule has 0 heterocycles. The van der Waals surface area contributed by atoms with Crippen molar-refractivity contribution in [3.63, 3.8) is 0 Å². The molecule has 3 unspecified atom stereocenters. The van der Waals surface area contributed by atoms with Crippen molar-refractivity contribution < 1.29 is 19.0 Å². The lowest BCUT2D eigenvalue weighted by Crippen LogP contribution is -2.52. The van der Waals surface area contributed by atoms with Crippen molar-refractivity contribution in [2.45, 2.75) is 37.4 Å². The van der Waals surface area contributed by atoms with Crippen molar-refractivity contribution in [2.75, 3.05) is 20.8 Å². The van der Waals surface area contributed by atoms with Crippen LogP contribution in [-0.2, 0) is 24.4 Å². The monoisotopic (exact) mass is 368 g/mol. The van der Waals surface area contributed by atoms with E-state index >= 15 is 0 Å². The van der Waals surface area contributed by atoms with Gasteiger partial charge in [0.2, 0.25) is 0 Å². The van der Waals surface area contributed by atoms with E-state index in [0.29, 0.717) is 6.61 Å². The molecule has 0 aliphatic heterocycles. The lowest BCUT2D eigenvalue weighted by molar-refractivity contribution is -0.185. The third-order valence-electron chi connectivity index (χ3n) is 5.86. The average molecular weight is 368 g/mol.